The molecule has 1 aliphatic heterocycles. The van der Waals surface area contributed by atoms with Gasteiger partial charge in [-0.1, -0.05) is 15.9 Å². The van der Waals surface area contributed by atoms with Crippen LogP contribution in [0.15, 0.2) is 22.7 Å². The second kappa shape index (κ2) is 3.19. The summed E-state index contributed by atoms with van der Waals surface area (Å²) in [6.07, 6.45) is 3.35. The summed E-state index contributed by atoms with van der Waals surface area (Å²) in [5.41, 5.74) is 2.19. The molecule has 1 saturated carbocycles. The fourth-order valence-corrected chi connectivity index (χ4v) is 2.87. The van der Waals surface area contributed by atoms with Crippen molar-refractivity contribution in [2.75, 3.05) is 5.32 Å². The fourth-order valence-electron chi connectivity index (χ4n) is 2.24. The van der Waals surface area contributed by atoms with Gasteiger partial charge >= 0.3 is 0 Å². The molecule has 1 N–H and O–H groups in total. The van der Waals surface area contributed by atoms with Crippen LogP contribution in [0, 0.1) is 0 Å². The number of thiocarbonyl (C=S) groups is 1. The largest absolute Gasteiger partial charge is 0.459 e. The number of nitrogens with one attached hydrogen (secondary N) is 1. The quantitative estimate of drug-likeness (QED) is 0.736. The number of ether oxygens (including phenoxy) is 1. The van der Waals surface area contributed by atoms with E-state index in [2.05, 4.69) is 27.3 Å². The van der Waals surface area contributed by atoms with Gasteiger partial charge in [0.1, 0.15) is 5.60 Å². The van der Waals surface area contributed by atoms with Crippen molar-refractivity contribution in [1.82, 2.24) is 0 Å². The predicted octanol–water partition coefficient (Wildman–Crippen LogP) is 3.56. The molecule has 0 unspecified atom stereocenters. The average Bonchev–Trinajstić information content (AvgIpc) is 2.15. The topological polar surface area (TPSA) is 21.3 Å². The Balaban J connectivity index is 2.15. The van der Waals surface area contributed by atoms with Gasteiger partial charge < -0.3 is 10.1 Å². The molecule has 15 heavy (non-hydrogen) atoms. The Morgan fingerprint density at radius 1 is 1.40 bits per heavy atom. The van der Waals surface area contributed by atoms with Crippen molar-refractivity contribution in [3.63, 3.8) is 0 Å². The highest BCUT2D eigenvalue weighted by Crippen LogP contribution is 2.50. The first-order valence-electron chi connectivity index (χ1n) is 5.00. The van der Waals surface area contributed by atoms with Crippen LogP contribution < -0.4 is 5.32 Å². The Hall–Kier alpha value is -0.610. The molecule has 0 atom stereocenters. The lowest BCUT2D eigenvalue weighted by Gasteiger charge is -2.46. The highest BCUT2D eigenvalue weighted by atomic mass is 79.9. The predicted molar refractivity (Wildman–Crippen MR) is 67.0 cm³/mol. The number of halogens is 1. The Kier molecular flexibility index (Phi) is 2.04. The van der Waals surface area contributed by atoms with Gasteiger partial charge in [-0.05, 0) is 49.7 Å². The molecule has 0 saturated heterocycles. The van der Waals surface area contributed by atoms with E-state index in [1.807, 2.05) is 12.1 Å². The molecule has 1 aliphatic carbocycles. The van der Waals surface area contributed by atoms with Crippen LogP contribution in [-0.4, -0.2) is 5.17 Å². The highest BCUT2D eigenvalue weighted by molar-refractivity contribution is 9.10. The molecule has 4 heteroatoms. The van der Waals surface area contributed by atoms with E-state index in [4.69, 9.17) is 17.0 Å². The molecule has 2 nitrogen and oxygen atoms in total. The van der Waals surface area contributed by atoms with Crippen molar-refractivity contribution in [2.24, 2.45) is 0 Å². The molecular formula is C11H10BrNOS. The van der Waals surface area contributed by atoms with Crippen molar-refractivity contribution >= 4 is 39.0 Å². The number of hydrogen-bond acceptors (Lipinski definition) is 2. The van der Waals surface area contributed by atoms with Gasteiger partial charge in [0.05, 0.1) is 0 Å². The van der Waals surface area contributed by atoms with Crippen LogP contribution in [0.25, 0.3) is 0 Å². The van der Waals surface area contributed by atoms with Gasteiger partial charge in [-0.25, -0.2) is 0 Å². The first-order chi connectivity index (χ1) is 7.20. The van der Waals surface area contributed by atoms with Crippen molar-refractivity contribution in [3.05, 3.63) is 28.2 Å². The van der Waals surface area contributed by atoms with Crippen molar-refractivity contribution in [1.29, 1.82) is 0 Å². The van der Waals surface area contributed by atoms with E-state index >= 15 is 0 Å². The van der Waals surface area contributed by atoms with E-state index in [0.29, 0.717) is 5.17 Å². The molecule has 2 aliphatic rings. The maximum Gasteiger partial charge on any atom is 0.262 e. The lowest BCUT2D eigenvalue weighted by molar-refractivity contribution is -0.0242. The van der Waals surface area contributed by atoms with E-state index in [0.717, 1.165) is 23.0 Å². The van der Waals surface area contributed by atoms with Crippen LogP contribution in [-0.2, 0) is 10.3 Å². The summed E-state index contributed by atoms with van der Waals surface area (Å²) in [6.45, 7) is 0. The van der Waals surface area contributed by atoms with Gasteiger partial charge in [0.15, 0.2) is 0 Å². The van der Waals surface area contributed by atoms with Crippen LogP contribution in [0.3, 0.4) is 0 Å². The monoisotopic (exact) mass is 283 g/mol. The van der Waals surface area contributed by atoms with Gasteiger partial charge in [0.25, 0.3) is 5.17 Å². The summed E-state index contributed by atoms with van der Waals surface area (Å²) in [5, 5.41) is 3.60. The number of anilines is 1. The number of hydrogen-bond donors (Lipinski definition) is 1. The molecule has 0 aromatic heterocycles. The zero-order chi connectivity index (χ0) is 10.5. The van der Waals surface area contributed by atoms with E-state index < -0.39 is 0 Å². The number of benzene rings is 1. The molecule has 0 radical (unpaired) electrons. The maximum absolute atomic E-state index is 5.79. The van der Waals surface area contributed by atoms with Gasteiger partial charge in [-0.2, -0.15) is 0 Å². The van der Waals surface area contributed by atoms with Gasteiger partial charge in [0.2, 0.25) is 0 Å². The summed E-state index contributed by atoms with van der Waals surface area (Å²) >= 11 is 8.61. The average molecular weight is 284 g/mol. The van der Waals surface area contributed by atoms with Crippen molar-refractivity contribution < 1.29 is 4.74 Å². The number of rotatable bonds is 0. The Labute approximate surface area is 102 Å². The van der Waals surface area contributed by atoms with E-state index in [1.54, 1.807) is 0 Å². The third-order valence-electron chi connectivity index (χ3n) is 3.16. The molecule has 1 heterocycles. The van der Waals surface area contributed by atoms with Crippen LogP contribution in [0.5, 0.6) is 0 Å². The summed E-state index contributed by atoms with van der Waals surface area (Å²) in [5.74, 6) is 0. The molecule has 3 rings (SSSR count). The Bertz CT molecular complexity index is 442. The molecule has 1 fully saturated rings. The van der Waals surface area contributed by atoms with Crippen molar-refractivity contribution in [2.45, 2.75) is 24.9 Å². The summed E-state index contributed by atoms with van der Waals surface area (Å²) in [6, 6.07) is 6.20. The third-order valence-corrected chi connectivity index (χ3v) is 3.84. The fraction of sp³-hybridized carbons (Fsp3) is 0.364. The van der Waals surface area contributed by atoms with Gasteiger partial charge in [-0.3, -0.25) is 0 Å². The van der Waals surface area contributed by atoms with Crippen LogP contribution in [0.1, 0.15) is 24.8 Å². The second-order valence-corrected chi connectivity index (χ2v) is 5.34. The summed E-state index contributed by atoms with van der Waals surface area (Å²) in [7, 11) is 0. The maximum atomic E-state index is 5.79. The lowest BCUT2D eigenvalue weighted by atomic mass is 9.73. The molecule has 0 bridgehead atoms. The minimum Gasteiger partial charge on any atom is -0.459 e. The van der Waals surface area contributed by atoms with Gasteiger partial charge in [0, 0.05) is 15.7 Å². The van der Waals surface area contributed by atoms with Crippen LogP contribution >= 0.6 is 28.1 Å². The van der Waals surface area contributed by atoms with Gasteiger partial charge in [-0.15, -0.1) is 0 Å². The second-order valence-electron chi connectivity index (χ2n) is 4.05. The molecule has 1 aromatic carbocycles. The van der Waals surface area contributed by atoms with Crippen LogP contribution in [0.4, 0.5) is 5.69 Å². The summed E-state index contributed by atoms with van der Waals surface area (Å²) < 4.78 is 6.88. The normalized spacial score (nSPS) is 21.3. The molecule has 1 spiro atoms. The van der Waals surface area contributed by atoms with Crippen molar-refractivity contribution in [3.8, 4) is 0 Å². The minimum absolute atomic E-state index is 0.137. The minimum atomic E-state index is -0.137. The summed E-state index contributed by atoms with van der Waals surface area (Å²) in [4.78, 5) is 0. The van der Waals surface area contributed by atoms with E-state index in [1.165, 1.54) is 12.0 Å². The molecular weight excluding hydrogens is 274 g/mol. The standard InChI is InChI=1S/C11H10BrNOS/c12-7-2-3-9-8(6-7)11(4-1-5-11)14-10(15)13-9/h2-3,6H,1,4-5H2,(H,13,15). The third kappa shape index (κ3) is 1.39. The lowest BCUT2D eigenvalue weighted by Crippen LogP contribution is -2.44. The number of fused-ring (bicyclic) bond motifs is 2. The Morgan fingerprint density at radius 2 is 2.20 bits per heavy atom. The Morgan fingerprint density at radius 3 is 2.87 bits per heavy atom. The first-order valence-corrected chi connectivity index (χ1v) is 6.20. The zero-order valence-corrected chi connectivity index (χ0v) is 10.5. The zero-order valence-electron chi connectivity index (χ0n) is 8.05. The van der Waals surface area contributed by atoms with E-state index in [9.17, 15) is 0 Å². The highest BCUT2D eigenvalue weighted by Gasteiger charge is 2.45. The molecule has 78 valence electrons. The molecule has 1 aromatic rings. The first kappa shape index (κ1) is 9.60. The van der Waals surface area contributed by atoms with E-state index in [-0.39, 0.29) is 5.60 Å². The smallest absolute Gasteiger partial charge is 0.262 e. The molecule has 0 amide bonds. The van der Waals surface area contributed by atoms with Crippen LogP contribution in [0.2, 0.25) is 0 Å². The SMILES string of the molecule is S=C1Nc2ccc(Br)cc2C2(CCC2)O1.